The van der Waals surface area contributed by atoms with Crippen LogP contribution >= 0.6 is 7.82 Å². The summed E-state index contributed by atoms with van der Waals surface area (Å²) in [6, 6.07) is 0. The second-order valence-electron chi connectivity index (χ2n) is 0.513. The minimum Gasteiger partial charge on any atom is -0.303 e. The van der Waals surface area contributed by atoms with Crippen molar-refractivity contribution in [2.24, 2.45) is 0 Å². The van der Waals surface area contributed by atoms with Crippen molar-refractivity contribution in [3.05, 3.63) is 0 Å². The molecule has 0 aromatic carbocycles. The van der Waals surface area contributed by atoms with Gasteiger partial charge in [0.15, 0.2) is 0 Å². The molecule has 0 rings (SSSR count). The van der Waals surface area contributed by atoms with E-state index in [1.807, 2.05) is 0 Å². The van der Waals surface area contributed by atoms with Crippen LogP contribution in [0.1, 0.15) is 0 Å². The summed E-state index contributed by atoms with van der Waals surface area (Å²) in [5.74, 6) is 0. The summed E-state index contributed by atoms with van der Waals surface area (Å²) in [5, 5.41) is 0. The van der Waals surface area contributed by atoms with Crippen LogP contribution < -0.4 is 0 Å². The zero-order chi connectivity index (χ0) is 4.50. The summed E-state index contributed by atoms with van der Waals surface area (Å²) in [6.45, 7) is 0. The number of phosphoric acid groups is 1. The maximum absolute atomic E-state index is 8.88. The van der Waals surface area contributed by atoms with Gasteiger partial charge in [-0.15, -0.1) is 0 Å². The first-order chi connectivity index (χ1) is 2.00. The van der Waals surface area contributed by atoms with Gasteiger partial charge in [0.1, 0.15) is 0 Å². The van der Waals surface area contributed by atoms with Crippen molar-refractivity contribution in [2.75, 3.05) is 0 Å². The Morgan fingerprint density at radius 1 is 1.14 bits per heavy atom. The van der Waals surface area contributed by atoms with Gasteiger partial charge in [-0.3, -0.25) is 0 Å². The minimum absolute atomic E-state index is 0. The minimum atomic E-state index is -4.64. The van der Waals surface area contributed by atoms with Gasteiger partial charge in [0.25, 0.3) is 0 Å². The number of hydrogen-bond acceptors (Lipinski definition) is 1. The SMILES string of the molecule is O=P(O)(O)O.[Cu].[Zr]. The summed E-state index contributed by atoms with van der Waals surface area (Å²) in [6.07, 6.45) is 0. The molecule has 0 heterocycles. The van der Waals surface area contributed by atoms with Crippen molar-refractivity contribution in [2.45, 2.75) is 0 Å². The molecule has 0 spiro atoms. The molecule has 0 unspecified atom stereocenters. The van der Waals surface area contributed by atoms with Crippen LogP contribution in [0.2, 0.25) is 0 Å². The van der Waals surface area contributed by atoms with Gasteiger partial charge in [0.2, 0.25) is 0 Å². The molecule has 0 aliphatic carbocycles. The summed E-state index contributed by atoms with van der Waals surface area (Å²) in [7, 11) is -4.64. The predicted molar refractivity (Wildman–Crippen MR) is 14.3 cm³/mol. The van der Waals surface area contributed by atoms with E-state index in [9.17, 15) is 0 Å². The molecule has 0 aliphatic rings. The third-order valence-electron chi connectivity index (χ3n) is 0. The van der Waals surface area contributed by atoms with Gasteiger partial charge in [-0.1, -0.05) is 0 Å². The van der Waals surface area contributed by atoms with Crippen molar-refractivity contribution in [1.29, 1.82) is 0 Å². The summed E-state index contributed by atoms with van der Waals surface area (Å²) >= 11 is 0. The average Bonchev–Trinajstić information content (AvgIpc) is 0.722. The Kier molecular flexibility index (Phi) is 12.8. The predicted octanol–water partition coefficient (Wildman–Crippen LogP) is -0.934. The topological polar surface area (TPSA) is 77.8 Å². The zero-order valence-electron chi connectivity index (χ0n) is 3.00. The standard InChI is InChI=1S/Cu.H3O4P.Zr/c;1-5(2,3)4;/h;(H3,1,2,3,4);. The molecule has 3 N–H and O–H groups in total. The van der Waals surface area contributed by atoms with E-state index >= 15 is 0 Å². The van der Waals surface area contributed by atoms with E-state index < -0.39 is 7.82 Å². The van der Waals surface area contributed by atoms with Gasteiger partial charge >= 0.3 is 7.82 Å². The molecular formula is H3CuO4PZr. The molecule has 1 radical (unpaired) electrons. The van der Waals surface area contributed by atoms with Crippen LogP contribution in [0.4, 0.5) is 0 Å². The molecule has 47 valence electrons. The second kappa shape index (κ2) is 5.65. The van der Waals surface area contributed by atoms with Crippen LogP contribution in [0.3, 0.4) is 0 Å². The van der Waals surface area contributed by atoms with E-state index in [1.54, 1.807) is 0 Å². The fourth-order valence-electron chi connectivity index (χ4n) is 0. The van der Waals surface area contributed by atoms with E-state index in [-0.39, 0.29) is 43.3 Å². The average molecular weight is 253 g/mol. The number of rotatable bonds is 0. The van der Waals surface area contributed by atoms with E-state index in [2.05, 4.69) is 0 Å². The van der Waals surface area contributed by atoms with Gasteiger partial charge < -0.3 is 14.7 Å². The van der Waals surface area contributed by atoms with Gasteiger partial charge in [-0.2, -0.15) is 0 Å². The fraction of sp³-hybridized carbons (Fsp3) is 0. The molecule has 4 nitrogen and oxygen atoms in total. The molecule has 0 fully saturated rings. The maximum Gasteiger partial charge on any atom is 0.466 e. The van der Waals surface area contributed by atoms with Crippen LogP contribution in [0.5, 0.6) is 0 Å². The molecular weight excluding hydrogens is 250 g/mol. The smallest absolute Gasteiger partial charge is 0.303 e. The molecule has 0 aromatic heterocycles. The normalized spacial score (nSPS) is 8.43. The quantitative estimate of drug-likeness (QED) is 0.384. The maximum atomic E-state index is 8.88. The number of hydrogen-bond donors (Lipinski definition) is 3. The van der Waals surface area contributed by atoms with E-state index in [1.165, 1.54) is 0 Å². The first kappa shape index (κ1) is 15.8. The molecule has 0 aromatic rings. The monoisotopic (exact) mass is 251 g/mol. The van der Waals surface area contributed by atoms with Crippen molar-refractivity contribution in [3.8, 4) is 0 Å². The largest absolute Gasteiger partial charge is 0.466 e. The zero-order valence-corrected chi connectivity index (χ0v) is 7.29. The molecule has 0 atom stereocenters. The summed E-state index contributed by atoms with van der Waals surface area (Å²) < 4.78 is 8.88. The van der Waals surface area contributed by atoms with Gasteiger partial charge in [0.05, 0.1) is 0 Å². The van der Waals surface area contributed by atoms with Crippen LogP contribution in [0.25, 0.3) is 0 Å². The van der Waals surface area contributed by atoms with Gasteiger partial charge in [-0.05, 0) is 0 Å². The molecule has 7 heavy (non-hydrogen) atoms. The summed E-state index contributed by atoms with van der Waals surface area (Å²) in [4.78, 5) is 21.6. The second-order valence-corrected chi connectivity index (χ2v) is 1.54. The molecule has 0 saturated heterocycles. The first-order valence-electron chi connectivity index (χ1n) is 0.783. The van der Waals surface area contributed by atoms with Crippen LogP contribution in [-0.4, -0.2) is 14.7 Å². The van der Waals surface area contributed by atoms with Crippen molar-refractivity contribution in [1.82, 2.24) is 0 Å². The van der Waals surface area contributed by atoms with E-state index in [0.29, 0.717) is 0 Å². The Morgan fingerprint density at radius 3 is 1.14 bits per heavy atom. The molecule has 0 amide bonds. The van der Waals surface area contributed by atoms with Gasteiger partial charge in [0, 0.05) is 43.3 Å². The Bertz CT molecular complexity index is 57.8. The van der Waals surface area contributed by atoms with Crippen LogP contribution in [-0.2, 0) is 47.8 Å². The Morgan fingerprint density at radius 2 is 1.14 bits per heavy atom. The molecule has 0 bridgehead atoms. The third-order valence-corrected chi connectivity index (χ3v) is 0. The third kappa shape index (κ3) is 99.8. The molecule has 0 aliphatic heterocycles. The molecule has 0 saturated carbocycles. The molecule has 7 heteroatoms. The van der Waals surface area contributed by atoms with Gasteiger partial charge in [-0.25, -0.2) is 4.57 Å². The van der Waals surface area contributed by atoms with E-state index in [0.717, 1.165) is 0 Å². The Hall–Kier alpha value is 1.51. The van der Waals surface area contributed by atoms with Crippen LogP contribution in [0, 0.1) is 0 Å². The van der Waals surface area contributed by atoms with Crippen molar-refractivity contribution < 1.29 is 62.5 Å². The Labute approximate surface area is 70.2 Å². The first-order valence-corrected chi connectivity index (χ1v) is 2.35. The van der Waals surface area contributed by atoms with E-state index in [4.69, 9.17) is 19.2 Å². The fourth-order valence-corrected chi connectivity index (χ4v) is 0. The van der Waals surface area contributed by atoms with Crippen molar-refractivity contribution >= 4 is 7.82 Å². The Balaban J connectivity index is -0.0000000800. The summed E-state index contributed by atoms with van der Waals surface area (Å²) in [5.41, 5.74) is 0. The van der Waals surface area contributed by atoms with Crippen molar-refractivity contribution in [3.63, 3.8) is 0 Å². The van der Waals surface area contributed by atoms with Crippen LogP contribution in [0.15, 0.2) is 0 Å².